The van der Waals surface area contributed by atoms with Crippen LogP contribution in [0.3, 0.4) is 0 Å². The fourth-order valence-electron chi connectivity index (χ4n) is 3.95. The first-order valence-corrected chi connectivity index (χ1v) is 11.1. The van der Waals surface area contributed by atoms with Crippen molar-refractivity contribution in [1.29, 1.82) is 0 Å². The van der Waals surface area contributed by atoms with Crippen molar-refractivity contribution in [3.8, 4) is 17.0 Å². The van der Waals surface area contributed by atoms with Crippen LogP contribution in [0.2, 0.25) is 0 Å². The van der Waals surface area contributed by atoms with E-state index < -0.39 is 6.04 Å². The third-order valence-corrected chi connectivity index (χ3v) is 5.79. The number of ether oxygens (including phenoxy) is 1. The van der Waals surface area contributed by atoms with E-state index >= 15 is 0 Å². The molecule has 172 valence electrons. The van der Waals surface area contributed by atoms with E-state index in [1.165, 1.54) is 22.9 Å². The number of aromatic nitrogens is 2. The lowest BCUT2D eigenvalue weighted by molar-refractivity contribution is -0.135. The van der Waals surface area contributed by atoms with Crippen molar-refractivity contribution in [1.82, 2.24) is 14.7 Å². The van der Waals surface area contributed by atoms with Gasteiger partial charge in [-0.2, -0.15) is 5.10 Å². The van der Waals surface area contributed by atoms with Crippen molar-refractivity contribution in [2.24, 2.45) is 0 Å². The Morgan fingerprint density at radius 3 is 2.30 bits per heavy atom. The molecule has 0 radical (unpaired) electrons. The van der Waals surface area contributed by atoms with Gasteiger partial charge in [0.15, 0.2) is 0 Å². The van der Waals surface area contributed by atoms with Gasteiger partial charge in [-0.1, -0.05) is 0 Å². The van der Waals surface area contributed by atoms with Gasteiger partial charge in [-0.25, -0.2) is 9.07 Å². The summed E-state index contributed by atoms with van der Waals surface area (Å²) in [5.41, 5.74) is 2.05. The Bertz CT molecular complexity index is 1150. The van der Waals surface area contributed by atoms with Crippen LogP contribution in [0.4, 0.5) is 10.1 Å². The highest BCUT2D eigenvalue weighted by molar-refractivity contribution is 5.80. The van der Waals surface area contributed by atoms with Gasteiger partial charge >= 0.3 is 0 Å². The summed E-state index contributed by atoms with van der Waals surface area (Å²) >= 11 is 0. The van der Waals surface area contributed by atoms with Crippen molar-refractivity contribution in [2.75, 3.05) is 37.7 Å². The zero-order chi connectivity index (χ0) is 23.4. The first-order valence-electron chi connectivity index (χ1n) is 11.1. The first kappa shape index (κ1) is 22.5. The molecular weight excluding hydrogens is 423 g/mol. The molecule has 2 heterocycles. The highest BCUT2D eigenvalue weighted by Gasteiger charge is 2.27. The fraction of sp³-hybridized carbons (Fsp3) is 0.320. The van der Waals surface area contributed by atoms with E-state index in [0.717, 1.165) is 17.0 Å². The molecule has 1 atom stereocenters. The van der Waals surface area contributed by atoms with Crippen LogP contribution in [-0.2, 0) is 4.79 Å². The number of halogens is 1. The highest BCUT2D eigenvalue weighted by atomic mass is 19.1. The number of anilines is 1. The predicted octanol–water partition coefficient (Wildman–Crippen LogP) is 3.36. The number of rotatable bonds is 6. The summed E-state index contributed by atoms with van der Waals surface area (Å²) in [6.45, 7) is 6.52. The normalized spacial score (nSPS) is 14.8. The lowest BCUT2D eigenvalue weighted by Crippen LogP contribution is -2.51. The third-order valence-electron chi connectivity index (χ3n) is 5.79. The fourth-order valence-corrected chi connectivity index (χ4v) is 3.95. The van der Waals surface area contributed by atoms with Crippen molar-refractivity contribution in [3.63, 3.8) is 0 Å². The highest BCUT2D eigenvalue weighted by Crippen LogP contribution is 2.21. The molecule has 4 rings (SSSR count). The van der Waals surface area contributed by atoms with Crippen LogP contribution >= 0.6 is 0 Å². The number of nitrogens with zero attached hydrogens (tertiary/aromatic N) is 4. The molecule has 1 unspecified atom stereocenters. The van der Waals surface area contributed by atoms with Crippen molar-refractivity contribution >= 4 is 11.6 Å². The second-order valence-electron chi connectivity index (χ2n) is 7.92. The standard InChI is InChI=1S/C25H27FN4O3/c1-3-33-22-10-4-19(5-11-22)23-12-13-24(31)30(27-23)18(2)25(32)29-16-14-28(15-17-29)21-8-6-20(26)7-9-21/h4-13,18H,3,14-17H2,1-2H3. The van der Waals surface area contributed by atoms with Gasteiger partial charge in [0.25, 0.3) is 5.56 Å². The van der Waals surface area contributed by atoms with Gasteiger partial charge in [-0.05, 0) is 68.4 Å². The molecule has 3 aromatic rings. The molecule has 0 saturated carbocycles. The van der Waals surface area contributed by atoms with Gasteiger partial charge in [0.1, 0.15) is 17.6 Å². The quantitative estimate of drug-likeness (QED) is 0.576. The molecule has 0 bridgehead atoms. The van der Waals surface area contributed by atoms with Crippen molar-refractivity contribution in [2.45, 2.75) is 19.9 Å². The van der Waals surface area contributed by atoms with E-state index in [9.17, 15) is 14.0 Å². The summed E-state index contributed by atoms with van der Waals surface area (Å²) in [5.74, 6) is 0.344. The average molecular weight is 451 g/mol. The molecule has 1 aliphatic heterocycles. The minimum atomic E-state index is -0.725. The van der Waals surface area contributed by atoms with E-state index in [1.807, 2.05) is 31.2 Å². The lowest BCUT2D eigenvalue weighted by Gasteiger charge is -2.37. The van der Waals surface area contributed by atoms with Crippen LogP contribution in [0.1, 0.15) is 19.9 Å². The van der Waals surface area contributed by atoms with E-state index in [0.29, 0.717) is 38.5 Å². The predicted molar refractivity (Wildman–Crippen MR) is 125 cm³/mol. The lowest BCUT2D eigenvalue weighted by atomic mass is 10.1. The Morgan fingerprint density at radius 2 is 1.67 bits per heavy atom. The molecule has 1 amide bonds. The van der Waals surface area contributed by atoms with Crippen LogP contribution in [0, 0.1) is 5.82 Å². The van der Waals surface area contributed by atoms with Crippen LogP contribution in [0.25, 0.3) is 11.3 Å². The second kappa shape index (κ2) is 9.85. The molecule has 1 aromatic heterocycles. The summed E-state index contributed by atoms with van der Waals surface area (Å²) in [6, 6.07) is 16.2. The molecule has 1 saturated heterocycles. The molecule has 0 spiro atoms. The molecule has 1 fully saturated rings. The molecule has 0 N–H and O–H groups in total. The maximum Gasteiger partial charge on any atom is 0.267 e. The van der Waals surface area contributed by atoms with Crippen LogP contribution in [0.15, 0.2) is 65.5 Å². The molecule has 0 aliphatic carbocycles. The van der Waals surface area contributed by atoms with Crippen molar-refractivity contribution in [3.05, 3.63) is 76.8 Å². The van der Waals surface area contributed by atoms with Gasteiger partial charge in [0.05, 0.1) is 12.3 Å². The number of piperazine rings is 1. The Hall–Kier alpha value is -3.68. The molecule has 33 heavy (non-hydrogen) atoms. The summed E-state index contributed by atoms with van der Waals surface area (Å²) in [5, 5.41) is 4.47. The van der Waals surface area contributed by atoms with Gasteiger partial charge < -0.3 is 14.5 Å². The van der Waals surface area contributed by atoms with Gasteiger partial charge in [0.2, 0.25) is 5.91 Å². The SMILES string of the molecule is CCOc1ccc(-c2ccc(=O)n(C(C)C(=O)N3CCN(c4ccc(F)cc4)CC3)n2)cc1. The maximum atomic E-state index is 13.2. The third kappa shape index (κ3) is 5.05. The van der Waals surface area contributed by atoms with E-state index in [-0.39, 0.29) is 17.3 Å². The second-order valence-corrected chi connectivity index (χ2v) is 7.92. The number of hydrogen-bond acceptors (Lipinski definition) is 5. The smallest absolute Gasteiger partial charge is 0.267 e. The number of amides is 1. The van der Waals surface area contributed by atoms with Gasteiger partial charge in [-0.15, -0.1) is 0 Å². The topological polar surface area (TPSA) is 67.7 Å². The molecule has 1 aliphatic rings. The Kier molecular flexibility index (Phi) is 6.72. The minimum Gasteiger partial charge on any atom is -0.494 e. The van der Waals surface area contributed by atoms with E-state index in [2.05, 4.69) is 10.00 Å². The zero-order valence-corrected chi connectivity index (χ0v) is 18.8. The molecule has 7 nitrogen and oxygen atoms in total. The number of carbonyl (C=O) groups is 1. The van der Waals surface area contributed by atoms with E-state index in [4.69, 9.17) is 4.74 Å². The first-order chi connectivity index (χ1) is 16.0. The van der Waals surface area contributed by atoms with Crippen LogP contribution in [0.5, 0.6) is 5.75 Å². The molecule has 8 heteroatoms. The molecule has 2 aromatic carbocycles. The summed E-state index contributed by atoms with van der Waals surface area (Å²) in [6.07, 6.45) is 0. The van der Waals surface area contributed by atoms with Gasteiger partial charge in [-0.3, -0.25) is 9.59 Å². The Morgan fingerprint density at radius 1 is 1.00 bits per heavy atom. The number of benzene rings is 2. The largest absolute Gasteiger partial charge is 0.494 e. The maximum absolute atomic E-state index is 13.2. The van der Waals surface area contributed by atoms with Gasteiger partial charge in [0, 0.05) is 43.5 Å². The van der Waals surface area contributed by atoms with E-state index in [1.54, 1.807) is 30.0 Å². The molecular formula is C25H27FN4O3. The van der Waals surface area contributed by atoms with Crippen LogP contribution < -0.4 is 15.2 Å². The zero-order valence-electron chi connectivity index (χ0n) is 18.8. The summed E-state index contributed by atoms with van der Waals surface area (Å²) in [4.78, 5) is 29.5. The Labute approximate surface area is 192 Å². The summed E-state index contributed by atoms with van der Waals surface area (Å²) < 4.78 is 19.9. The van der Waals surface area contributed by atoms with Crippen LogP contribution in [-0.4, -0.2) is 53.4 Å². The minimum absolute atomic E-state index is 0.146. The summed E-state index contributed by atoms with van der Waals surface area (Å²) in [7, 11) is 0. The monoisotopic (exact) mass is 450 g/mol. The van der Waals surface area contributed by atoms with Crippen molar-refractivity contribution < 1.29 is 13.9 Å². The average Bonchev–Trinajstić information content (AvgIpc) is 2.85. The Balaban J connectivity index is 1.45. The number of hydrogen-bond donors (Lipinski definition) is 0. The number of carbonyl (C=O) groups excluding carboxylic acids is 1.